The Morgan fingerprint density at radius 1 is 0.412 bits per heavy atom. The highest BCUT2D eigenvalue weighted by atomic mass is 16.6. The van der Waals surface area contributed by atoms with E-state index in [1.54, 1.807) is 0 Å². The van der Waals surface area contributed by atoms with Gasteiger partial charge in [-0.15, -0.1) is 0 Å². The van der Waals surface area contributed by atoms with Crippen LogP contribution in [-0.4, -0.2) is 50.1 Å². The Morgan fingerprint density at radius 2 is 0.745 bits per heavy atom. The van der Waals surface area contributed by atoms with Gasteiger partial charge in [0.1, 0.15) is 12.7 Å². The van der Waals surface area contributed by atoms with E-state index in [1.807, 2.05) is 20.8 Å². The second-order valence-electron chi connectivity index (χ2n) is 14.9. The Bertz CT molecular complexity index is 809. The van der Waals surface area contributed by atoms with E-state index >= 15 is 0 Å². The Labute approximate surface area is 316 Å². The van der Waals surface area contributed by atoms with E-state index < -0.39 is 0 Å². The number of esters is 2. The molecule has 0 amide bonds. The summed E-state index contributed by atoms with van der Waals surface area (Å²) in [7, 11) is 0. The first-order valence-electron chi connectivity index (χ1n) is 21.8. The van der Waals surface area contributed by atoms with Crippen molar-refractivity contribution in [2.24, 2.45) is 0 Å². The standard InChI is InChI=1S/C45H84O6/c1-6-8-10-12-14-16-18-20-22-24-26-28-30-32-34-36-44(46)50-39-42(4)48-38-41(3)49-40-43(5)51-45(47)37-35-33-31-29-27-25-23-21-19-17-15-13-11-9-7-2/h20-23,41-43H,6-19,24-40H2,1-5H3/b22-20-,23-21-. The van der Waals surface area contributed by atoms with Gasteiger partial charge in [-0.2, -0.15) is 0 Å². The lowest BCUT2D eigenvalue weighted by molar-refractivity contribution is -0.154. The quantitative estimate of drug-likeness (QED) is 0.0358. The summed E-state index contributed by atoms with van der Waals surface area (Å²) in [4.78, 5) is 24.4. The van der Waals surface area contributed by atoms with Gasteiger partial charge in [0, 0.05) is 12.8 Å². The van der Waals surface area contributed by atoms with Gasteiger partial charge in [0.15, 0.2) is 0 Å². The zero-order valence-corrected chi connectivity index (χ0v) is 34.4. The van der Waals surface area contributed by atoms with Crippen molar-refractivity contribution in [3.05, 3.63) is 24.3 Å². The van der Waals surface area contributed by atoms with Gasteiger partial charge in [0.05, 0.1) is 25.4 Å². The highest BCUT2D eigenvalue weighted by molar-refractivity contribution is 5.69. The zero-order valence-electron chi connectivity index (χ0n) is 34.4. The number of carbonyl (C=O) groups is 2. The molecule has 0 aromatic heterocycles. The van der Waals surface area contributed by atoms with Crippen LogP contribution in [0.5, 0.6) is 0 Å². The maximum Gasteiger partial charge on any atom is 0.306 e. The van der Waals surface area contributed by atoms with Crippen LogP contribution in [0, 0.1) is 0 Å². The maximum atomic E-state index is 12.2. The minimum atomic E-state index is -0.294. The van der Waals surface area contributed by atoms with Gasteiger partial charge in [-0.3, -0.25) is 9.59 Å². The summed E-state index contributed by atoms with van der Waals surface area (Å²) in [6, 6.07) is 0. The molecule has 0 fully saturated rings. The van der Waals surface area contributed by atoms with Crippen LogP contribution in [0.1, 0.15) is 214 Å². The lowest BCUT2D eigenvalue weighted by atomic mass is 10.1. The summed E-state index contributed by atoms with van der Waals surface area (Å²) in [5, 5.41) is 0. The molecule has 0 heterocycles. The highest BCUT2D eigenvalue weighted by Crippen LogP contribution is 2.13. The first kappa shape index (κ1) is 49.3. The molecule has 0 N–H and O–H groups in total. The average molecular weight is 721 g/mol. The number of unbranched alkanes of at least 4 members (excludes halogenated alkanes) is 22. The first-order chi connectivity index (χ1) is 24.9. The van der Waals surface area contributed by atoms with Gasteiger partial charge in [-0.05, 0) is 85.0 Å². The van der Waals surface area contributed by atoms with Crippen LogP contribution in [-0.2, 0) is 28.5 Å². The van der Waals surface area contributed by atoms with E-state index in [0.29, 0.717) is 26.1 Å². The molecule has 0 spiro atoms. The average Bonchev–Trinajstić information content (AvgIpc) is 3.12. The number of rotatable bonds is 39. The van der Waals surface area contributed by atoms with Crippen molar-refractivity contribution in [1.29, 1.82) is 0 Å². The van der Waals surface area contributed by atoms with Gasteiger partial charge in [0.2, 0.25) is 0 Å². The minimum Gasteiger partial charge on any atom is -0.463 e. The molecular formula is C45H84O6. The molecule has 0 saturated heterocycles. The van der Waals surface area contributed by atoms with Crippen LogP contribution >= 0.6 is 0 Å². The molecule has 0 aromatic rings. The Hall–Kier alpha value is -1.66. The maximum absolute atomic E-state index is 12.2. The molecule has 0 aliphatic rings. The third-order valence-electron chi connectivity index (χ3n) is 9.33. The fourth-order valence-corrected chi connectivity index (χ4v) is 5.98. The van der Waals surface area contributed by atoms with E-state index in [4.69, 9.17) is 18.9 Å². The fraction of sp³-hybridized carbons (Fsp3) is 0.867. The smallest absolute Gasteiger partial charge is 0.306 e. The van der Waals surface area contributed by atoms with Crippen molar-refractivity contribution < 1.29 is 28.5 Å². The van der Waals surface area contributed by atoms with Crippen LogP contribution in [0.25, 0.3) is 0 Å². The van der Waals surface area contributed by atoms with Crippen molar-refractivity contribution >= 4 is 11.9 Å². The molecule has 0 bridgehead atoms. The van der Waals surface area contributed by atoms with Crippen LogP contribution in [0.4, 0.5) is 0 Å². The van der Waals surface area contributed by atoms with Crippen LogP contribution in [0.15, 0.2) is 24.3 Å². The predicted octanol–water partition coefficient (Wildman–Crippen LogP) is 13.3. The second kappa shape index (κ2) is 39.5. The van der Waals surface area contributed by atoms with E-state index in [9.17, 15) is 9.59 Å². The number of ether oxygens (including phenoxy) is 4. The van der Waals surface area contributed by atoms with Gasteiger partial charge in [-0.25, -0.2) is 0 Å². The molecule has 51 heavy (non-hydrogen) atoms. The highest BCUT2D eigenvalue weighted by Gasteiger charge is 2.14. The van der Waals surface area contributed by atoms with Crippen LogP contribution in [0.3, 0.4) is 0 Å². The molecule has 3 unspecified atom stereocenters. The SMILES string of the molecule is CCCCCCCC/C=C\CCCCCCCC(=O)OCC(C)OCC(C)OCC(C)OC(=O)CCCCCCC/C=C\CCCCCCCC. The monoisotopic (exact) mass is 721 g/mol. The molecular weight excluding hydrogens is 636 g/mol. The van der Waals surface area contributed by atoms with E-state index in [0.717, 1.165) is 25.7 Å². The second-order valence-corrected chi connectivity index (χ2v) is 14.9. The zero-order chi connectivity index (χ0) is 37.5. The summed E-state index contributed by atoms with van der Waals surface area (Å²) in [6.45, 7) is 11.2. The summed E-state index contributed by atoms with van der Waals surface area (Å²) < 4.78 is 22.6. The minimum absolute atomic E-state index is 0.148. The Balaban J connectivity index is 3.61. The van der Waals surface area contributed by atoms with Crippen molar-refractivity contribution in [3.63, 3.8) is 0 Å². The number of hydrogen-bond acceptors (Lipinski definition) is 6. The summed E-state index contributed by atoms with van der Waals surface area (Å²) in [6.07, 6.45) is 42.0. The fourth-order valence-electron chi connectivity index (χ4n) is 5.98. The van der Waals surface area contributed by atoms with E-state index in [2.05, 4.69) is 38.2 Å². The first-order valence-corrected chi connectivity index (χ1v) is 21.8. The lowest BCUT2D eigenvalue weighted by Crippen LogP contribution is -2.28. The predicted molar refractivity (Wildman–Crippen MR) is 216 cm³/mol. The molecule has 0 aliphatic heterocycles. The molecule has 6 nitrogen and oxygen atoms in total. The number of allylic oxidation sites excluding steroid dienone is 4. The van der Waals surface area contributed by atoms with Crippen molar-refractivity contribution in [2.45, 2.75) is 233 Å². The Morgan fingerprint density at radius 3 is 1.18 bits per heavy atom. The third-order valence-corrected chi connectivity index (χ3v) is 9.33. The summed E-state index contributed by atoms with van der Waals surface area (Å²) >= 11 is 0. The third kappa shape index (κ3) is 39.4. The Kier molecular flexibility index (Phi) is 38.3. The topological polar surface area (TPSA) is 71.1 Å². The van der Waals surface area contributed by atoms with Gasteiger partial charge in [-0.1, -0.05) is 141 Å². The largest absolute Gasteiger partial charge is 0.463 e. The lowest BCUT2D eigenvalue weighted by Gasteiger charge is -2.20. The summed E-state index contributed by atoms with van der Waals surface area (Å²) in [5.41, 5.74) is 0. The molecule has 0 aromatic carbocycles. The molecule has 0 radical (unpaired) electrons. The van der Waals surface area contributed by atoms with Crippen molar-refractivity contribution in [2.75, 3.05) is 19.8 Å². The molecule has 300 valence electrons. The van der Waals surface area contributed by atoms with E-state index in [1.165, 1.54) is 141 Å². The van der Waals surface area contributed by atoms with Crippen molar-refractivity contribution in [3.8, 4) is 0 Å². The molecule has 3 atom stereocenters. The van der Waals surface area contributed by atoms with Gasteiger partial charge < -0.3 is 18.9 Å². The van der Waals surface area contributed by atoms with Gasteiger partial charge >= 0.3 is 11.9 Å². The number of hydrogen-bond donors (Lipinski definition) is 0. The van der Waals surface area contributed by atoms with E-state index in [-0.39, 0.29) is 36.9 Å². The van der Waals surface area contributed by atoms with Crippen LogP contribution in [0.2, 0.25) is 0 Å². The van der Waals surface area contributed by atoms with Gasteiger partial charge in [0.25, 0.3) is 0 Å². The molecule has 0 aliphatic carbocycles. The molecule has 6 heteroatoms. The molecule has 0 saturated carbocycles. The normalized spacial score (nSPS) is 13.6. The molecule has 0 rings (SSSR count). The van der Waals surface area contributed by atoms with Crippen LogP contribution < -0.4 is 0 Å². The summed E-state index contributed by atoms with van der Waals surface area (Å²) in [5.74, 6) is -0.297. The number of carbonyl (C=O) groups excluding carboxylic acids is 2. The van der Waals surface area contributed by atoms with Crippen molar-refractivity contribution in [1.82, 2.24) is 0 Å².